The van der Waals surface area contributed by atoms with Crippen LogP contribution in [0.5, 0.6) is 0 Å². The van der Waals surface area contributed by atoms with Crippen molar-refractivity contribution in [3.63, 3.8) is 0 Å². The zero-order chi connectivity index (χ0) is 62.0. The Kier molecular flexibility index (Phi) is 26.7. The van der Waals surface area contributed by atoms with E-state index in [9.17, 15) is 76.8 Å². The molecule has 0 saturated carbocycles. The molecule has 0 spiro atoms. The number of aliphatic carboxylic acids is 2. The van der Waals surface area contributed by atoms with E-state index >= 15 is 0 Å². The van der Waals surface area contributed by atoms with E-state index in [2.05, 4.69) is 15.3 Å². The first-order valence-electron chi connectivity index (χ1n) is 24.6. The van der Waals surface area contributed by atoms with Gasteiger partial charge >= 0.3 is 18.3 Å². The van der Waals surface area contributed by atoms with Gasteiger partial charge in [0, 0.05) is 37.8 Å². The summed E-state index contributed by atoms with van der Waals surface area (Å²) in [6.07, 6.45) is -23.1. The van der Waals surface area contributed by atoms with Gasteiger partial charge in [-0.15, -0.1) is 0 Å². The van der Waals surface area contributed by atoms with Crippen molar-refractivity contribution < 1.29 is 111 Å². The second-order valence-corrected chi connectivity index (χ2v) is 18.4. The van der Waals surface area contributed by atoms with Gasteiger partial charge in [-0.25, -0.2) is 23.9 Å². The van der Waals surface area contributed by atoms with Gasteiger partial charge in [0.2, 0.25) is 6.41 Å². The number of aliphatic hydroxyl groups is 10. The number of nitrogens with zero attached hydrogens (tertiary/aromatic N) is 6. The van der Waals surface area contributed by atoms with E-state index in [0.29, 0.717) is 44.4 Å². The van der Waals surface area contributed by atoms with Gasteiger partial charge in [-0.05, 0) is 61.1 Å². The van der Waals surface area contributed by atoms with Gasteiger partial charge in [-0.2, -0.15) is 26.3 Å². The molecular weight excluding hydrogens is 1130 g/mol. The number of carboxylic acid groups (broad SMARTS) is 2. The van der Waals surface area contributed by atoms with Crippen molar-refractivity contribution in [2.75, 3.05) is 55.8 Å². The molecule has 0 aliphatic rings. The highest BCUT2D eigenvalue weighted by atomic mass is 35.5. The first-order valence-corrected chi connectivity index (χ1v) is 25.0. The molecule has 0 saturated heterocycles. The summed E-state index contributed by atoms with van der Waals surface area (Å²) in [4.78, 5) is 54.3. The molecule has 454 valence electrons. The lowest BCUT2D eigenvalue weighted by molar-refractivity contribution is -0.676. The summed E-state index contributed by atoms with van der Waals surface area (Å²) in [5, 5.41) is 119. The van der Waals surface area contributed by atoms with Gasteiger partial charge < -0.3 is 82.9 Å². The minimum atomic E-state index is -5.19. The number of hydrogen-bond acceptors (Lipinski definition) is 20. The van der Waals surface area contributed by atoms with Crippen LogP contribution in [0.4, 0.5) is 43.8 Å². The molecule has 0 unspecified atom stereocenters. The van der Waals surface area contributed by atoms with E-state index in [0.717, 1.165) is 39.1 Å². The summed E-state index contributed by atoms with van der Waals surface area (Å²) in [6.45, 7) is 3.22. The topological polar surface area (TPSA) is 419 Å². The quantitative estimate of drug-likeness (QED) is 0.0162. The Bertz CT molecular complexity index is 2820. The van der Waals surface area contributed by atoms with Crippen LogP contribution in [-0.4, -0.2) is 200 Å². The highest BCUT2D eigenvalue weighted by Crippen LogP contribution is 2.27. The zero-order valence-corrected chi connectivity index (χ0v) is 44.5. The number of nitrogens with one attached hydrogen (secondary N) is 1. The number of alkyl halides is 6. The average Bonchev–Trinajstić information content (AvgIpc) is 4.03. The molecule has 2 heterocycles. The standard InChI is InChI=1S/C46H62ClN9O12.2C2HF3O2/c1-3-55-31-14-13-30(19-32(31)56(4-2)37(55)22-54(25-59)45-44(49)52-43(48)42(47)51-45)46(68)50-17-15-26-5-9-28(10-6-26)29-11-7-27(8-12-29)16-18-53(20-33(60)38(64)40(66)35(62)23-57)21-34(61)39(65)41(67)36(63)24-58;2*3-2(4,5)1(6)7/h5-14,19,25,33-36,38-41,57-58,60-67H,3-4,15-18,20-24H2,1-2H3,(H4-,48,49,50,52,68);2*(H,6,7)/t33-,34-,35+,36+,38+,39+,40+,41+;;/m0../s1. The van der Waals surface area contributed by atoms with E-state index in [-0.39, 0.29) is 54.7 Å². The summed E-state index contributed by atoms with van der Waals surface area (Å²) in [7, 11) is 0. The second kappa shape index (κ2) is 31.5. The molecule has 16 N–H and O–H groups in total. The average molecular weight is 1200 g/mol. The maximum Gasteiger partial charge on any atom is 0.490 e. The van der Waals surface area contributed by atoms with Crippen LogP contribution in [0.1, 0.15) is 41.2 Å². The fraction of sp³-hybridized carbons (Fsp3) is 0.460. The van der Waals surface area contributed by atoms with Gasteiger partial charge in [0.25, 0.3) is 11.7 Å². The van der Waals surface area contributed by atoms with Crippen molar-refractivity contribution in [1.82, 2.24) is 24.8 Å². The van der Waals surface area contributed by atoms with Crippen LogP contribution < -0.4 is 31.4 Å². The summed E-state index contributed by atoms with van der Waals surface area (Å²) >= 11 is 6.10. The van der Waals surface area contributed by atoms with Crippen molar-refractivity contribution in [2.24, 2.45) is 0 Å². The van der Waals surface area contributed by atoms with Gasteiger partial charge in [-0.3, -0.25) is 19.4 Å². The van der Waals surface area contributed by atoms with E-state index in [4.69, 9.17) is 53.1 Å². The van der Waals surface area contributed by atoms with Crippen LogP contribution in [0.3, 0.4) is 0 Å². The lowest BCUT2D eigenvalue weighted by atomic mass is 10.00. The Balaban J connectivity index is 0.00000111. The lowest BCUT2D eigenvalue weighted by Gasteiger charge is -2.33. The van der Waals surface area contributed by atoms with Crippen LogP contribution in [-0.2, 0) is 46.9 Å². The van der Waals surface area contributed by atoms with Crippen LogP contribution in [0, 0.1) is 0 Å². The number of rotatable bonds is 26. The maximum atomic E-state index is 13.4. The number of nitrogens with two attached hydrogens (primary N) is 2. The molecule has 5 rings (SSSR count). The number of carboxylic acids is 2. The Morgan fingerprint density at radius 3 is 1.62 bits per heavy atom. The predicted octanol–water partition coefficient (Wildman–Crippen LogP) is -1.97. The summed E-state index contributed by atoms with van der Waals surface area (Å²) in [5.74, 6) is -5.26. The number of anilines is 3. The number of amides is 2. The minimum Gasteiger partial charge on any atom is -0.542 e. The number of imidazole rings is 1. The Morgan fingerprint density at radius 1 is 0.744 bits per heavy atom. The molecule has 0 aliphatic heterocycles. The largest absolute Gasteiger partial charge is 0.542 e. The molecular formula is C50H64ClF6N9O16. The Hall–Kier alpha value is -6.88. The first-order chi connectivity index (χ1) is 38.3. The molecule has 0 fully saturated rings. The molecule has 2 aromatic heterocycles. The monoisotopic (exact) mass is 1200 g/mol. The van der Waals surface area contributed by atoms with Gasteiger partial charge in [0.05, 0.1) is 38.5 Å². The Morgan fingerprint density at radius 2 is 1.21 bits per heavy atom. The fourth-order valence-electron chi connectivity index (χ4n) is 7.93. The summed E-state index contributed by atoms with van der Waals surface area (Å²) < 4.78 is 67.4. The van der Waals surface area contributed by atoms with Crippen LogP contribution in [0.15, 0.2) is 66.7 Å². The number of aryl methyl sites for hydroxylation is 2. The van der Waals surface area contributed by atoms with Gasteiger partial charge in [0.1, 0.15) is 49.1 Å². The highest BCUT2D eigenvalue weighted by Gasteiger charge is 2.38. The van der Waals surface area contributed by atoms with Crippen LogP contribution in [0.25, 0.3) is 22.2 Å². The first kappa shape index (κ1) is 69.4. The molecule has 2 amide bonds. The lowest BCUT2D eigenvalue weighted by Crippen LogP contribution is -2.53. The van der Waals surface area contributed by atoms with E-state index < -0.39 is 86.3 Å². The number of carbonyl (C=O) groups excluding carboxylic acids is 3. The van der Waals surface area contributed by atoms with Crippen molar-refractivity contribution >= 4 is 64.3 Å². The van der Waals surface area contributed by atoms with Gasteiger partial charge in [-0.1, -0.05) is 60.1 Å². The molecule has 0 bridgehead atoms. The molecule has 25 nitrogen and oxygen atoms in total. The zero-order valence-electron chi connectivity index (χ0n) is 43.8. The third-order valence-corrected chi connectivity index (χ3v) is 12.6. The highest BCUT2D eigenvalue weighted by molar-refractivity contribution is 6.31. The molecule has 32 heteroatoms. The number of carbonyl (C=O) groups is 4. The number of nitrogen functional groups attached to an aromatic ring is 2. The van der Waals surface area contributed by atoms with Crippen molar-refractivity contribution in [2.45, 2.75) is 108 Å². The number of fused-ring (bicyclic) bond motifs is 1. The molecule has 0 aliphatic carbocycles. The number of hydrogen-bond donors (Lipinski definition) is 14. The molecule has 82 heavy (non-hydrogen) atoms. The number of halogens is 7. The SMILES string of the molecule is CCn1c(CN(C=O)c2nc(Cl)c(N)nc2N)[n+](CC)c2ccc(C(=O)NCCc3ccc(-c4ccc(CCN(C[C@H](O)[C@@H](O)[C@H](O)[C@H](O)CO)C[C@H](O)[C@@H](O)[C@H](O)[C@H](O)CO)cc4)cc3)cc21.O=C(O)C(F)(F)F.O=C([O-])C(F)(F)F. The minimum absolute atomic E-state index is 0.0445. The van der Waals surface area contributed by atoms with Crippen molar-refractivity contribution in [1.29, 1.82) is 0 Å². The normalized spacial score (nSPS) is 14.7. The van der Waals surface area contributed by atoms with E-state index in [1.807, 2.05) is 83.6 Å². The third kappa shape index (κ3) is 19.7. The summed E-state index contributed by atoms with van der Waals surface area (Å²) in [5.41, 5.74) is 17.6. The molecule has 3 aromatic carbocycles. The fourth-order valence-corrected chi connectivity index (χ4v) is 8.06. The molecule has 5 aromatic rings. The van der Waals surface area contributed by atoms with Crippen LogP contribution in [0.2, 0.25) is 5.15 Å². The predicted molar refractivity (Wildman–Crippen MR) is 277 cm³/mol. The second-order valence-electron chi connectivity index (χ2n) is 18.0. The summed E-state index contributed by atoms with van der Waals surface area (Å²) in [6, 6.07) is 21.0. The molecule has 0 radical (unpaired) electrons. The van der Waals surface area contributed by atoms with Crippen LogP contribution >= 0.6 is 11.6 Å². The Labute approximate surface area is 468 Å². The maximum absolute atomic E-state index is 13.4. The van der Waals surface area contributed by atoms with Gasteiger partial charge in [0.15, 0.2) is 33.6 Å². The molecule has 8 atom stereocenters. The van der Waals surface area contributed by atoms with E-state index in [1.54, 1.807) is 6.07 Å². The number of aromatic nitrogens is 4. The number of aliphatic hydroxyl groups excluding tert-OH is 10. The van der Waals surface area contributed by atoms with Crippen molar-refractivity contribution in [3.8, 4) is 11.1 Å². The smallest absolute Gasteiger partial charge is 0.490 e. The third-order valence-electron chi connectivity index (χ3n) is 12.3. The number of benzene rings is 3. The van der Waals surface area contributed by atoms with E-state index in [1.165, 1.54) is 9.80 Å². The van der Waals surface area contributed by atoms with Crippen molar-refractivity contribution in [3.05, 3.63) is 94.4 Å².